The molecule has 0 unspecified atom stereocenters. The van der Waals surface area contributed by atoms with Gasteiger partial charge in [0.2, 0.25) is 0 Å². The van der Waals surface area contributed by atoms with Gasteiger partial charge in [-0.15, -0.1) is 0 Å². The number of aryl methyl sites for hydroxylation is 1. The largest absolute Gasteiger partial charge is 0.396 e. The molecule has 0 atom stereocenters. The molecule has 0 spiro atoms. The smallest absolute Gasteiger partial charge is 0.274 e. The van der Waals surface area contributed by atoms with Crippen LogP contribution in [0.5, 0.6) is 0 Å². The van der Waals surface area contributed by atoms with E-state index in [2.05, 4.69) is 25.9 Å². The zero-order valence-corrected chi connectivity index (χ0v) is 12.5. The minimum Gasteiger partial charge on any atom is -0.396 e. The van der Waals surface area contributed by atoms with Crippen LogP contribution in [0.3, 0.4) is 0 Å². The predicted octanol–water partition coefficient (Wildman–Crippen LogP) is 2.31. The molecule has 0 aliphatic rings. The number of benzene rings is 1. The van der Waals surface area contributed by atoms with Crippen molar-refractivity contribution in [2.24, 2.45) is 0 Å². The zero-order chi connectivity index (χ0) is 14.9. The summed E-state index contributed by atoms with van der Waals surface area (Å²) in [6.45, 7) is 8.12. The molecule has 0 saturated carbocycles. The van der Waals surface area contributed by atoms with Crippen LogP contribution in [0.25, 0.3) is 5.69 Å². The fraction of sp³-hybridized carbons (Fsp3) is 0.438. The van der Waals surface area contributed by atoms with Crippen LogP contribution in [0.2, 0.25) is 0 Å². The average molecular weight is 274 g/mol. The van der Waals surface area contributed by atoms with Crippen molar-refractivity contribution in [1.82, 2.24) is 9.78 Å². The standard InChI is InChI=1S/C16H22N2O2/c1-11-7-5-6-8-13(11)18-15(20)12(9-10-19)14(17-18)16(2,3)4/h5-8,17,19H,9-10H2,1-4H3. The second-order valence-corrected chi connectivity index (χ2v) is 6.12. The van der Waals surface area contributed by atoms with Gasteiger partial charge in [-0.1, -0.05) is 39.0 Å². The number of aromatic nitrogens is 2. The van der Waals surface area contributed by atoms with Crippen molar-refractivity contribution in [3.63, 3.8) is 0 Å². The number of para-hydroxylation sites is 1. The fourth-order valence-electron chi connectivity index (χ4n) is 2.42. The highest BCUT2D eigenvalue weighted by Crippen LogP contribution is 2.24. The highest BCUT2D eigenvalue weighted by atomic mass is 16.3. The van der Waals surface area contributed by atoms with Crippen LogP contribution in [0, 0.1) is 6.92 Å². The minimum atomic E-state index is -0.169. The van der Waals surface area contributed by atoms with Crippen LogP contribution in [-0.2, 0) is 11.8 Å². The van der Waals surface area contributed by atoms with E-state index in [0.29, 0.717) is 12.0 Å². The number of nitrogens with one attached hydrogen (secondary N) is 1. The van der Waals surface area contributed by atoms with Crippen LogP contribution in [0.15, 0.2) is 29.1 Å². The van der Waals surface area contributed by atoms with Crippen molar-refractivity contribution in [3.8, 4) is 5.69 Å². The molecule has 2 rings (SSSR count). The summed E-state index contributed by atoms with van der Waals surface area (Å²) in [7, 11) is 0. The highest BCUT2D eigenvalue weighted by Gasteiger charge is 2.24. The van der Waals surface area contributed by atoms with E-state index in [0.717, 1.165) is 16.9 Å². The summed E-state index contributed by atoms with van der Waals surface area (Å²) in [4.78, 5) is 12.6. The lowest BCUT2D eigenvalue weighted by molar-refractivity contribution is 0.298. The van der Waals surface area contributed by atoms with Gasteiger partial charge in [-0.3, -0.25) is 9.89 Å². The molecular formula is C16H22N2O2. The Kier molecular flexibility index (Phi) is 3.86. The maximum Gasteiger partial charge on any atom is 0.274 e. The molecule has 1 heterocycles. The summed E-state index contributed by atoms with van der Waals surface area (Å²) in [6.07, 6.45) is 0.376. The van der Waals surface area contributed by atoms with Crippen molar-refractivity contribution in [1.29, 1.82) is 0 Å². The molecule has 0 aliphatic heterocycles. The molecule has 2 N–H and O–H groups in total. The Bertz CT molecular complexity index is 660. The van der Waals surface area contributed by atoms with E-state index in [4.69, 9.17) is 0 Å². The Hall–Kier alpha value is -1.81. The summed E-state index contributed by atoms with van der Waals surface area (Å²) in [5.74, 6) is 0. The van der Waals surface area contributed by atoms with Gasteiger partial charge >= 0.3 is 0 Å². The number of nitrogens with zero attached hydrogens (tertiary/aromatic N) is 1. The Balaban J connectivity index is 2.68. The van der Waals surface area contributed by atoms with Gasteiger partial charge in [-0.2, -0.15) is 0 Å². The second-order valence-electron chi connectivity index (χ2n) is 6.12. The highest BCUT2D eigenvalue weighted by molar-refractivity contribution is 5.41. The predicted molar refractivity (Wildman–Crippen MR) is 80.6 cm³/mol. The van der Waals surface area contributed by atoms with Crippen molar-refractivity contribution in [2.75, 3.05) is 6.61 Å². The monoisotopic (exact) mass is 274 g/mol. The average Bonchev–Trinajstić information content (AvgIpc) is 2.68. The van der Waals surface area contributed by atoms with Gasteiger partial charge in [0.1, 0.15) is 0 Å². The summed E-state index contributed by atoms with van der Waals surface area (Å²) in [6, 6.07) is 7.76. The Morgan fingerprint density at radius 1 is 1.25 bits per heavy atom. The van der Waals surface area contributed by atoms with Crippen LogP contribution < -0.4 is 5.56 Å². The Morgan fingerprint density at radius 2 is 1.90 bits per heavy atom. The van der Waals surface area contributed by atoms with Crippen molar-refractivity contribution in [2.45, 2.75) is 39.5 Å². The third-order valence-electron chi connectivity index (χ3n) is 3.45. The van der Waals surface area contributed by atoms with Crippen LogP contribution in [-0.4, -0.2) is 21.5 Å². The number of aliphatic hydroxyl groups is 1. The zero-order valence-electron chi connectivity index (χ0n) is 12.5. The first-order chi connectivity index (χ1) is 9.36. The van der Waals surface area contributed by atoms with E-state index < -0.39 is 0 Å². The number of aliphatic hydroxyl groups excluding tert-OH is 1. The molecule has 2 aromatic rings. The van der Waals surface area contributed by atoms with Crippen molar-refractivity contribution >= 4 is 0 Å². The molecule has 0 bridgehead atoms. The van der Waals surface area contributed by atoms with Crippen molar-refractivity contribution in [3.05, 3.63) is 51.4 Å². The van der Waals surface area contributed by atoms with Gasteiger partial charge in [0, 0.05) is 29.7 Å². The number of aromatic amines is 1. The lowest BCUT2D eigenvalue weighted by atomic mass is 9.89. The Morgan fingerprint density at radius 3 is 2.45 bits per heavy atom. The van der Waals surface area contributed by atoms with Crippen LogP contribution in [0.1, 0.15) is 37.6 Å². The normalized spacial score (nSPS) is 11.8. The van der Waals surface area contributed by atoms with Crippen LogP contribution in [0.4, 0.5) is 0 Å². The number of H-pyrrole nitrogens is 1. The second kappa shape index (κ2) is 5.29. The number of hydrogen-bond acceptors (Lipinski definition) is 2. The molecule has 0 fully saturated rings. The van der Waals surface area contributed by atoms with E-state index in [1.165, 1.54) is 0 Å². The molecule has 4 nitrogen and oxygen atoms in total. The number of hydrogen-bond donors (Lipinski definition) is 2. The first-order valence-corrected chi connectivity index (χ1v) is 6.87. The quantitative estimate of drug-likeness (QED) is 0.902. The van der Waals surface area contributed by atoms with Crippen LogP contribution >= 0.6 is 0 Å². The molecule has 0 saturated heterocycles. The van der Waals surface area contributed by atoms with Gasteiger partial charge in [0.25, 0.3) is 5.56 Å². The third kappa shape index (κ3) is 2.56. The number of rotatable bonds is 3. The lowest BCUT2D eigenvalue weighted by Crippen LogP contribution is -2.19. The van der Waals surface area contributed by atoms with Gasteiger partial charge in [-0.05, 0) is 18.6 Å². The lowest BCUT2D eigenvalue weighted by Gasteiger charge is -2.18. The first kappa shape index (κ1) is 14.6. The third-order valence-corrected chi connectivity index (χ3v) is 3.45. The summed E-state index contributed by atoms with van der Waals surface area (Å²) in [5, 5.41) is 12.4. The Labute approximate surface area is 119 Å². The molecule has 0 radical (unpaired) electrons. The van der Waals surface area contributed by atoms with E-state index in [1.54, 1.807) is 4.68 Å². The van der Waals surface area contributed by atoms with E-state index in [-0.39, 0.29) is 17.6 Å². The van der Waals surface area contributed by atoms with E-state index >= 15 is 0 Å². The van der Waals surface area contributed by atoms with Gasteiger partial charge in [0.15, 0.2) is 0 Å². The molecule has 0 aliphatic carbocycles. The fourth-order valence-corrected chi connectivity index (χ4v) is 2.42. The summed E-state index contributed by atoms with van der Waals surface area (Å²) in [5.41, 5.74) is 3.21. The van der Waals surface area contributed by atoms with Crippen molar-refractivity contribution < 1.29 is 5.11 Å². The molecule has 0 amide bonds. The molecule has 1 aromatic heterocycles. The first-order valence-electron chi connectivity index (χ1n) is 6.87. The van der Waals surface area contributed by atoms with Gasteiger partial charge in [-0.25, -0.2) is 4.68 Å². The SMILES string of the molecule is Cc1ccccc1-n1[nH]c(C(C)(C)C)c(CCO)c1=O. The van der Waals surface area contributed by atoms with Gasteiger partial charge < -0.3 is 5.11 Å². The summed E-state index contributed by atoms with van der Waals surface area (Å²) >= 11 is 0. The molecule has 108 valence electrons. The molecular weight excluding hydrogens is 252 g/mol. The maximum atomic E-state index is 12.6. The topological polar surface area (TPSA) is 58.0 Å². The molecule has 1 aromatic carbocycles. The maximum absolute atomic E-state index is 12.6. The molecule has 20 heavy (non-hydrogen) atoms. The molecule has 4 heteroatoms. The van der Waals surface area contributed by atoms with E-state index in [9.17, 15) is 9.90 Å². The minimum absolute atomic E-state index is 0.0239. The summed E-state index contributed by atoms with van der Waals surface area (Å²) < 4.78 is 1.58. The van der Waals surface area contributed by atoms with E-state index in [1.807, 2.05) is 31.2 Å². The van der Waals surface area contributed by atoms with Gasteiger partial charge in [0.05, 0.1) is 5.69 Å².